The maximum atomic E-state index is 11.7. The van der Waals surface area contributed by atoms with Gasteiger partial charge in [0.2, 0.25) is 11.8 Å². The van der Waals surface area contributed by atoms with E-state index in [4.69, 9.17) is 10.8 Å². The molecule has 1 atom stereocenters. The van der Waals surface area contributed by atoms with Crippen LogP contribution in [0.3, 0.4) is 0 Å². The smallest absolute Gasteiger partial charge is 0.249 e. The average Bonchev–Trinajstić information content (AvgIpc) is 2.49. The van der Waals surface area contributed by atoms with Crippen molar-refractivity contribution in [1.82, 2.24) is 10.6 Å². The number of hydrogen-bond donors (Lipinski definition) is 5. The molecule has 0 aliphatic rings. The zero-order valence-corrected chi connectivity index (χ0v) is 14.8. The van der Waals surface area contributed by atoms with E-state index >= 15 is 0 Å². The van der Waals surface area contributed by atoms with Crippen molar-refractivity contribution in [3.05, 3.63) is 0 Å². The summed E-state index contributed by atoms with van der Waals surface area (Å²) in [6.07, 6.45) is -1.16. The van der Waals surface area contributed by atoms with Crippen molar-refractivity contribution in [3.8, 4) is 0 Å². The number of carbonyl (C=O) groups is 2. The standard InChI is InChI=1S/C13H27N3O4S2/c1-13(2,9-17)11(19)12(20)16-5-3-10(18)15-6-8-22-21-7-4-14/h11,17,19H,3-9,14H2,1-2H3,(H,15,18)(H,16,20)/t11-/m0/s1. The Hall–Kier alpha value is -0.480. The fourth-order valence-electron chi connectivity index (χ4n) is 1.32. The van der Waals surface area contributed by atoms with E-state index in [1.807, 2.05) is 0 Å². The van der Waals surface area contributed by atoms with Crippen molar-refractivity contribution in [2.45, 2.75) is 26.4 Å². The highest BCUT2D eigenvalue weighted by atomic mass is 33.1. The van der Waals surface area contributed by atoms with E-state index in [9.17, 15) is 14.7 Å². The van der Waals surface area contributed by atoms with Gasteiger partial charge >= 0.3 is 0 Å². The number of nitrogens with two attached hydrogens (primary N) is 1. The minimum atomic E-state index is -1.31. The van der Waals surface area contributed by atoms with Gasteiger partial charge in [0, 0.05) is 43.0 Å². The molecule has 0 aliphatic carbocycles. The molecule has 0 aromatic rings. The molecule has 22 heavy (non-hydrogen) atoms. The maximum absolute atomic E-state index is 11.7. The molecule has 0 aromatic carbocycles. The summed E-state index contributed by atoms with van der Waals surface area (Å²) in [6.45, 7) is 4.23. The molecule has 0 unspecified atom stereocenters. The molecule has 2 amide bonds. The summed E-state index contributed by atoms with van der Waals surface area (Å²) >= 11 is 0. The Morgan fingerprint density at radius 1 is 1.18 bits per heavy atom. The van der Waals surface area contributed by atoms with Crippen LogP contribution in [0.15, 0.2) is 0 Å². The van der Waals surface area contributed by atoms with Crippen LogP contribution in [-0.4, -0.2) is 65.9 Å². The van der Waals surface area contributed by atoms with Crippen LogP contribution in [0.25, 0.3) is 0 Å². The molecule has 0 fully saturated rings. The van der Waals surface area contributed by atoms with Gasteiger partial charge < -0.3 is 26.6 Å². The van der Waals surface area contributed by atoms with Gasteiger partial charge in [-0.1, -0.05) is 35.4 Å². The van der Waals surface area contributed by atoms with Crippen molar-refractivity contribution >= 4 is 33.4 Å². The van der Waals surface area contributed by atoms with E-state index in [0.717, 1.165) is 11.5 Å². The summed E-state index contributed by atoms with van der Waals surface area (Å²) in [4.78, 5) is 23.2. The molecule has 0 aliphatic heterocycles. The van der Waals surface area contributed by atoms with Crippen LogP contribution >= 0.6 is 21.6 Å². The molecule has 9 heteroatoms. The van der Waals surface area contributed by atoms with Crippen molar-refractivity contribution in [2.75, 3.05) is 37.7 Å². The lowest BCUT2D eigenvalue weighted by atomic mass is 9.87. The Morgan fingerprint density at radius 2 is 1.82 bits per heavy atom. The third-order valence-corrected chi connectivity index (χ3v) is 5.28. The Labute approximate surface area is 139 Å². The van der Waals surface area contributed by atoms with E-state index in [2.05, 4.69) is 10.6 Å². The second-order valence-corrected chi connectivity index (χ2v) is 8.07. The van der Waals surface area contributed by atoms with Gasteiger partial charge in [-0.2, -0.15) is 0 Å². The monoisotopic (exact) mass is 353 g/mol. The first-order valence-electron chi connectivity index (χ1n) is 7.13. The number of aliphatic hydroxyl groups excluding tert-OH is 2. The topological polar surface area (TPSA) is 125 Å². The number of rotatable bonds is 12. The minimum Gasteiger partial charge on any atom is -0.396 e. The number of carbonyl (C=O) groups excluding carboxylic acids is 2. The molecule has 0 spiro atoms. The maximum Gasteiger partial charge on any atom is 0.249 e. The van der Waals surface area contributed by atoms with Crippen molar-refractivity contribution < 1.29 is 19.8 Å². The van der Waals surface area contributed by atoms with Gasteiger partial charge in [-0.05, 0) is 0 Å². The Balaban J connectivity index is 3.73. The third-order valence-electron chi connectivity index (χ3n) is 2.84. The molecule has 7 nitrogen and oxygen atoms in total. The predicted octanol–water partition coefficient (Wildman–Crippen LogP) is -0.672. The van der Waals surface area contributed by atoms with E-state index < -0.39 is 17.4 Å². The molecular weight excluding hydrogens is 326 g/mol. The van der Waals surface area contributed by atoms with Crippen LogP contribution in [0, 0.1) is 5.41 Å². The molecule has 130 valence electrons. The number of amides is 2. The largest absolute Gasteiger partial charge is 0.396 e. The van der Waals surface area contributed by atoms with Gasteiger partial charge in [0.15, 0.2) is 0 Å². The van der Waals surface area contributed by atoms with E-state index in [0.29, 0.717) is 13.1 Å². The summed E-state index contributed by atoms with van der Waals surface area (Å²) < 4.78 is 0. The van der Waals surface area contributed by atoms with E-state index in [1.165, 1.54) is 0 Å². The second-order valence-electron chi connectivity index (χ2n) is 5.37. The van der Waals surface area contributed by atoms with Gasteiger partial charge in [0.05, 0.1) is 6.61 Å². The zero-order chi connectivity index (χ0) is 17.0. The van der Waals surface area contributed by atoms with Gasteiger partial charge in [0.1, 0.15) is 6.10 Å². The highest BCUT2D eigenvalue weighted by Gasteiger charge is 2.32. The zero-order valence-electron chi connectivity index (χ0n) is 13.1. The van der Waals surface area contributed by atoms with Crippen molar-refractivity contribution in [2.24, 2.45) is 11.1 Å². The van der Waals surface area contributed by atoms with Crippen LogP contribution in [0.5, 0.6) is 0 Å². The summed E-state index contributed by atoms with van der Waals surface area (Å²) in [6, 6.07) is 0. The predicted molar refractivity (Wildman–Crippen MR) is 91.5 cm³/mol. The lowest BCUT2D eigenvalue weighted by Crippen LogP contribution is -2.46. The number of hydrogen-bond acceptors (Lipinski definition) is 7. The average molecular weight is 354 g/mol. The Kier molecular flexibility index (Phi) is 11.7. The van der Waals surface area contributed by atoms with E-state index in [1.54, 1.807) is 35.4 Å². The molecule has 0 radical (unpaired) electrons. The molecule has 0 bridgehead atoms. The first-order chi connectivity index (χ1) is 10.3. The molecule has 0 aromatic heterocycles. The third kappa shape index (κ3) is 9.52. The highest BCUT2D eigenvalue weighted by Crippen LogP contribution is 2.19. The van der Waals surface area contributed by atoms with E-state index in [-0.39, 0.29) is 25.5 Å². The molecule has 6 N–H and O–H groups in total. The van der Waals surface area contributed by atoms with Crippen LogP contribution in [-0.2, 0) is 9.59 Å². The van der Waals surface area contributed by atoms with Crippen LogP contribution < -0.4 is 16.4 Å². The van der Waals surface area contributed by atoms with Crippen LogP contribution in [0.2, 0.25) is 0 Å². The lowest BCUT2D eigenvalue weighted by Gasteiger charge is -2.27. The molecule has 0 heterocycles. The van der Waals surface area contributed by atoms with Crippen LogP contribution in [0.1, 0.15) is 20.3 Å². The fourth-order valence-corrected chi connectivity index (χ4v) is 3.09. The van der Waals surface area contributed by atoms with Gasteiger partial charge in [-0.3, -0.25) is 9.59 Å². The molecule has 0 rings (SSSR count). The number of nitrogens with one attached hydrogen (secondary N) is 2. The van der Waals surface area contributed by atoms with Crippen LogP contribution in [0.4, 0.5) is 0 Å². The normalized spacial score (nSPS) is 12.8. The Morgan fingerprint density at radius 3 is 2.41 bits per heavy atom. The first-order valence-corrected chi connectivity index (χ1v) is 9.61. The van der Waals surface area contributed by atoms with Crippen molar-refractivity contribution in [1.29, 1.82) is 0 Å². The van der Waals surface area contributed by atoms with Gasteiger partial charge in [-0.15, -0.1) is 0 Å². The summed E-state index contributed by atoms with van der Waals surface area (Å²) in [5, 5.41) is 24.1. The molecular formula is C13H27N3O4S2. The quantitative estimate of drug-likeness (QED) is 0.233. The Bertz CT molecular complexity index is 343. The number of aliphatic hydroxyl groups is 2. The van der Waals surface area contributed by atoms with Crippen molar-refractivity contribution in [3.63, 3.8) is 0 Å². The second kappa shape index (κ2) is 12.0. The summed E-state index contributed by atoms with van der Waals surface area (Å²) in [5.41, 5.74) is 4.45. The minimum absolute atomic E-state index is 0.151. The molecule has 0 saturated carbocycles. The lowest BCUT2D eigenvalue weighted by molar-refractivity contribution is -0.137. The van der Waals surface area contributed by atoms with Gasteiger partial charge in [-0.25, -0.2) is 0 Å². The molecule has 0 saturated heterocycles. The highest BCUT2D eigenvalue weighted by molar-refractivity contribution is 8.76. The SMILES string of the molecule is CC(C)(CO)[C@@H](O)C(=O)NCCC(=O)NCCSSCCN. The first kappa shape index (κ1) is 21.5. The van der Waals surface area contributed by atoms with Gasteiger partial charge in [0.25, 0.3) is 0 Å². The summed E-state index contributed by atoms with van der Waals surface area (Å²) in [7, 11) is 3.32. The fraction of sp³-hybridized carbons (Fsp3) is 0.846. The summed E-state index contributed by atoms with van der Waals surface area (Å²) in [5.74, 6) is 0.949.